The summed E-state index contributed by atoms with van der Waals surface area (Å²) in [6, 6.07) is 11.2. The van der Waals surface area contributed by atoms with Gasteiger partial charge in [0.2, 0.25) is 0 Å². The van der Waals surface area contributed by atoms with Crippen molar-refractivity contribution in [1.82, 2.24) is 9.55 Å². The van der Waals surface area contributed by atoms with E-state index in [0.29, 0.717) is 30.8 Å². The number of anilines is 1. The van der Waals surface area contributed by atoms with Gasteiger partial charge in [0.1, 0.15) is 40.6 Å². The molecule has 0 aliphatic carbocycles. The van der Waals surface area contributed by atoms with Crippen LogP contribution in [0.15, 0.2) is 66.0 Å². The van der Waals surface area contributed by atoms with Crippen molar-refractivity contribution < 1.29 is 46.0 Å². The highest BCUT2D eigenvalue weighted by molar-refractivity contribution is 7.86. The van der Waals surface area contributed by atoms with Crippen molar-refractivity contribution in [3.05, 3.63) is 66.6 Å². The molecular weight excluding hydrogens is 664 g/mol. The SMILES string of the molecule is CCCCCCC(C(=O)[N@@+]1(C(=O)OCC)C[C@H](Oc2ccc(OC(C)(C)C)cc2)C[C@H]1C)n1cnc(NC(=O)c2ccccc2S(=O)(=O)O)c1. The fraction of sp³-hybridized carbons (Fsp3) is 0.500. The number of nitrogens with zero attached hydrogens (tertiary/aromatic N) is 3. The molecule has 4 atom stereocenters. The van der Waals surface area contributed by atoms with Gasteiger partial charge in [0, 0.05) is 12.6 Å². The van der Waals surface area contributed by atoms with Crippen molar-refractivity contribution in [2.24, 2.45) is 0 Å². The number of likely N-dealkylation sites (tertiary alicyclic amines) is 1. The second kappa shape index (κ2) is 16.2. The number of aromatic nitrogens is 2. The lowest BCUT2D eigenvalue weighted by atomic mass is 10.0. The molecular formula is C36H49N4O9S+. The average molecular weight is 714 g/mol. The summed E-state index contributed by atoms with van der Waals surface area (Å²) in [5.74, 6) is 0.154. The van der Waals surface area contributed by atoms with Crippen LogP contribution in [-0.4, -0.2) is 75.8 Å². The molecule has 1 aliphatic heterocycles. The largest absolute Gasteiger partial charge is 0.524 e. The third-order valence-corrected chi connectivity index (χ3v) is 9.53. The van der Waals surface area contributed by atoms with Gasteiger partial charge in [0.15, 0.2) is 11.9 Å². The average Bonchev–Trinajstić information content (AvgIpc) is 3.64. The quantitative estimate of drug-likeness (QED) is 0.103. The molecule has 14 heteroatoms. The summed E-state index contributed by atoms with van der Waals surface area (Å²) in [7, 11) is -4.67. The lowest BCUT2D eigenvalue weighted by molar-refractivity contribution is -0.795. The second-order valence-electron chi connectivity index (χ2n) is 13.6. The molecule has 0 bridgehead atoms. The Morgan fingerprint density at radius 1 is 1.04 bits per heavy atom. The minimum absolute atomic E-state index is 0.0590. The van der Waals surface area contributed by atoms with E-state index < -0.39 is 49.7 Å². The molecule has 0 saturated carbocycles. The number of unbranched alkanes of at least 4 members (excludes halogenated alkanes) is 3. The number of imidazole rings is 1. The standard InChI is InChI=1S/C36H48N4O9S/c1-7-9-10-11-15-30(39-22-32(37-24-39)38-33(41)29-14-12-13-16-31(29)50(44,45)46)34(42)40(35(43)47-8-2)23-28(21-25(40)3)48-26-17-19-27(20-18-26)49-36(4,5)6/h12-14,16-20,22,24-25,28,30H,7-11,15,21,23H2,1-6H3,(H-,38,41,44,45,46)/p+1/t25-,28-,30?,40-/m1/s1. The highest BCUT2D eigenvalue weighted by Crippen LogP contribution is 2.37. The van der Waals surface area contributed by atoms with Crippen LogP contribution in [0, 0.1) is 0 Å². The molecule has 50 heavy (non-hydrogen) atoms. The van der Waals surface area contributed by atoms with Crippen molar-refractivity contribution in [2.75, 3.05) is 18.5 Å². The van der Waals surface area contributed by atoms with Gasteiger partial charge in [-0.1, -0.05) is 44.7 Å². The Morgan fingerprint density at radius 2 is 1.72 bits per heavy atom. The Morgan fingerprint density at radius 3 is 2.36 bits per heavy atom. The first kappa shape index (κ1) is 38.5. The number of nitrogens with one attached hydrogen (secondary N) is 1. The van der Waals surface area contributed by atoms with Crippen LogP contribution < -0.4 is 14.8 Å². The van der Waals surface area contributed by atoms with Crippen LogP contribution in [0.2, 0.25) is 0 Å². The molecule has 0 spiro atoms. The summed E-state index contributed by atoms with van der Waals surface area (Å²) < 4.78 is 52.1. The summed E-state index contributed by atoms with van der Waals surface area (Å²) in [6.07, 6.45) is 6.14. The maximum absolute atomic E-state index is 14.8. The predicted molar refractivity (Wildman–Crippen MR) is 187 cm³/mol. The molecule has 1 saturated heterocycles. The van der Waals surface area contributed by atoms with Crippen LogP contribution >= 0.6 is 0 Å². The van der Waals surface area contributed by atoms with E-state index in [1.165, 1.54) is 30.7 Å². The minimum Gasteiger partial charge on any atom is -0.488 e. The molecule has 3 amide bonds. The third-order valence-electron chi connectivity index (χ3n) is 8.61. The Balaban J connectivity index is 1.62. The summed E-state index contributed by atoms with van der Waals surface area (Å²) in [5, 5.41) is 2.56. The van der Waals surface area contributed by atoms with E-state index in [1.54, 1.807) is 23.6 Å². The van der Waals surface area contributed by atoms with Crippen LogP contribution in [0.1, 0.15) is 96.5 Å². The van der Waals surface area contributed by atoms with Gasteiger partial charge in [0.25, 0.3) is 16.0 Å². The second-order valence-corrected chi connectivity index (χ2v) is 15.0. The van der Waals surface area contributed by atoms with Crippen LogP contribution in [-0.2, 0) is 19.6 Å². The van der Waals surface area contributed by atoms with E-state index >= 15 is 0 Å². The number of benzene rings is 2. The van der Waals surface area contributed by atoms with Crippen molar-refractivity contribution in [2.45, 2.75) is 109 Å². The monoisotopic (exact) mass is 713 g/mol. The Bertz CT molecular complexity index is 1750. The number of hydrogen-bond donors (Lipinski definition) is 2. The maximum Gasteiger partial charge on any atom is 0.524 e. The van der Waals surface area contributed by atoms with E-state index in [9.17, 15) is 27.4 Å². The minimum atomic E-state index is -4.67. The van der Waals surface area contributed by atoms with Gasteiger partial charge in [-0.3, -0.25) is 9.35 Å². The van der Waals surface area contributed by atoms with Crippen LogP contribution in [0.25, 0.3) is 0 Å². The van der Waals surface area contributed by atoms with Crippen LogP contribution in [0.3, 0.4) is 0 Å². The molecule has 3 aromatic rings. The van der Waals surface area contributed by atoms with Gasteiger partial charge < -0.3 is 24.1 Å². The van der Waals surface area contributed by atoms with Gasteiger partial charge in [0.05, 0.1) is 18.5 Å². The molecule has 272 valence electrons. The molecule has 2 heterocycles. The normalized spacial score (nSPS) is 19.8. The zero-order valence-electron chi connectivity index (χ0n) is 29.6. The van der Waals surface area contributed by atoms with Gasteiger partial charge in [-0.05, 0) is 77.4 Å². The topological polar surface area (TPSA) is 163 Å². The summed E-state index contributed by atoms with van der Waals surface area (Å²) in [5.41, 5.74) is -0.624. The zero-order valence-corrected chi connectivity index (χ0v) is 30.4. The zero-order chi connectivity index (χ0) is 36.7. The number of carbonyl (C=O) groups excluding carboxylic acids is 3. The van der Waals surface area contributed by atoms with Crippen molar-refractivity contribution in [3.63, 3.8) is 0 Å². The number of ether oxygens (including phenoxy) is 3. The smallest absolute Gasteiger partial charge is 0.488 e. The highest BCUT2D eigenvalue weighted by atomic mass is 32.2. The molecule has 0 radical (unpaired) electrons. The van der Waals surface area contributed by atoms with Gasteiger partial charge in [-0.2, -0.15) is 17.7 Å². The van der Waals surface area contributed by atoms with E-state index in [2.05, 4.69) is 17.2 Å². The molecule has 2 N–H and O–H groups in total. The van der Waals surface area contributed by atoms with Gasteiger partial charge in [-0.25, -0.2) is 9.78 Å². The highest BCUT2D eigenvalue weighted by Gasteiger charge is 2.60. The Labute approximate surface area is 294 Å². The summed E-state index contributed by atoms with van der Waals surface area (Å²) in [4.78, 5) is 45.5. The lowest BCUT2D eigenvalue weighted by Crippen LogP contribution is -2.62. The van der Waals surface area contributed by atoms with E-state index in [-0.39, 0.29) is 36.0 Å². The Hall–Kier alpha value is -4.27. The fourth-order valence-corrected chi connectivity index (χ4v) is 7.00. The first-order valence-corrected chi connectivity index (χ1v) is 18.5. The first-order valence-electron chi connectivity index (χ1n) is 17.1. The fourth-order valence-electron chi connectivity index (χ4n) is 6.31. The molecule has 1 aliphatic rings. The number of imide groups is 1. The molecule has 1 fully saturated rings. The predicted octanol–water partition coefficient (Wildman–Crippen LogP) is 6.81. The van der Waals surface area contributed by atoms with Crippen molar-refractivity contribution in [3.8, 4) is 11.5 Å². The Kier molecular flexibility index (Phi) is 12.5. The summed E-state index contributed by atoms with van der Waals surface area (Å²) >= 11 is 0. The molecule has 4 rings (SSSR count). The number of hydrogen-bond acceptors (Lipinski definition) is 9. The third kappa shape index (κ3) is 9.29. The van der Waals surface area contributed by atoms with Crippen LogP contribution in [0.4, 0.5) is 10.6 Å². The summed E-state index contributed by atoms with van der Waals surface area (Å²) in [6.45, 7) is 11.7. The van der Waals surface area contributed by atoms with Gasteiger partial charge in [-0.15, -0.1) is 0 Å². The van der Waals surface area contributed by atoms with Crippen molar-refractivity contribution >= 4 is 33.8 Å². The molecule has 1 aromatic heterocycles. The molecule has 13 nitrogen and oxygen atoms in total. The van der Waals surface area contributed by atoms with Crippen LogP contribution in [0.5, 0.6) is 11.5 Å². The van der Waals surface area contributed by atoms with E-state index in [0.717, 1.165) is 25.3 Å². The van der Waals surface area contributed by atoms with E-state index in [1.807, 2.05) is 39.8 Å². The maximum atomic E-state index is 14.8. The van der Waals surface area contributed by atoms with Gasteiger partial charge >= 0.3 is 12.0 Å². The number of carbonyl (C=O) groups is 3. The first-order chi connectivity index (χ1) is 23.6. The molecule has 1 unspecified atom stereocenters. The van der Waals surface area contributed by atoms with E-state index in [4.69, 9.17) is 14.2 Å². The number of amides is 3. The number of rotatable bonds is 14. The lowest BCUT2D eigenvalue weighted by Gasteiger charge is -2.34. The number of quaternary nitrogens is 1. The van der Waals surface area contributed by atoms with Crippen molar-refractivity contribution in [1.29, 1.82) is 0 Å². The molecule has 2 aromatic carbocycles.